The van der Waals surface area contributed by atoms with Gasteiger partial charge in [0, 0.05) is 19.2 Å². The number of rotatable bonds is 9. The summed E-state index contributed by atoms with van der Waals surface area (Å²) in [5.74, 6) is 0.370. The summed E-state index contributed by atoms with van der Waals surface area (Å²) in [7, 11) is -3.88. The van der Waals surface area contributed by atoms with Crippen LogP contribution in [0.2, 0.25) is 0 Å². The van der Waals surface area contributed by atoms with Gasteiger partial charge in [-0.15, -0.1) is 0 Å². The third kappa shape index (κ3) is 5.46. The van der Waals surface area contributed by atoms with Crippen LogP contribution in [0, 0.1) is 0 Å². The van der Waals surface area contributed by atoms with E-state index in [-0.39, 0.29) is 30.0 Å². The van der Waals surface area contributed by atoms with Gasteiger partial charge >= 0.3 is 0 Å². The fourth-order valence-corrected chi connectivity index (χ4v) is 5.74. The molecule has 1 aliphatic rings. The van der Waals surface area contributed by atoms with Crippen LogP contribution >= 0.6 is 0 Å². The zero-order valence-corrected chi connectivity index (χ0v) is 19.8. The average molecular weight is 471 g/mol. The van der Waals surface area contributed by atoms with Crippen LogP contribution < -0.4 is 0 Å². The summed E-state index contributed by atoms with van der Waals surface area (Å²) in [5.41, 5.74) is 0. The molecular formula is C25H30N2O5S. The van der Waals surface area contributed by atoms with E-state index in [4.69, 9.17) is 9.15 Å². The summed E-state index contributed by atoms with van der Waals surface area (Å²) >= 11 is 0. The van der Waals surface area contributed by atoms with Gasteiger partial charge in [0.05, 0.1) is 30.4 Å². The monoisotopic (exact) mass is 470 g/mol. The predicted molar refractivity (Wildman–Crippen MR) is 126 cm³/mol. The summed E-state index contributed by atoms with van der Waals surface area (Å²) in [6.07, 6.45) is 3.36. The minimum absolute atomic E-state index is 0.0477. The summed E-state index contributed by atoms with van der Waals surface area (Å²) in [4.78, 5) is 15.2. The summed E-state index contributed by atoms with van der Waals surface area (Å²) in [6, 6.07) is 15.9. The summed E-state index contributed by atoms with van der Waals surface area (Å²) in [5, 5.41) is 1.80. The topological polar surface area (TPSA) is 80.1 Å². The number of benzene rings is 2. The van der Waals surface area contributed by atoms with Crippen molar-refractivity contribution in [2.45, 2.75) is 50.3 Å². The molecule has 176 valence electrons. The van der Waals surface area contributed by atoms with Crippen LogP contribution in [0.4, 0.5) is 0 Å². The first-order valence-corrected chi connectivity index (χ1v) is 12.7. The highest BCUT2D eigenvalue weighted by atomic mass is 32.2. The van der Waals surface area contributed by atoms with Crippen molar-refractivity contribution in [3.05, 3.63) is 66.6 Å². The summed E-state index contributed by atoms with van der Waals surface area (Å²) < 4.78 is 39.5. The lowest BCUT2D eigenvalue weighted by Crippen LogP contribution is -2.47. The van der Waals surface area contributed by atoms with Crippen molar-refractivity contribution in [2.24, 2.45) is 0 Å². The molecule has 1 unspecified atom stereocenters. The highest BCUT2D eigenvalue weighted by Crippen LogP contribution is 2.24. The first-order chi connectivity index (χ1) is 15.8. The van der Waals surface area contributed by atoms with E-state index in [0.29, 0.717) is 18.9 Å². The molecule has 8 heteroatoms. The van der Waals surface area contributed by atoms with Crippen LogP contribution in [-0.2, 0) is 26.1 Å². The van der Waals surface area contributed by atoms with E-state index in [1.807, 2.05) is 30.3 Å². The number of nitrogens with zero attached hydrogens (tertiary/aromatic N) is 2. The molecule has 0 radical (unpaired) electrons. The standard InChI is InChI=1S/C25H30N2O5S/c1-19(2)27(33(29,30)24-12-11-20-7-3-4-8-21(20)15-24)18-25(28)26(16-22-9-5-13-31-22)17-23-10-6-14-32-23/h3-5,7-9,11-13,15,19,23H,6,10,14,16-18H2,1-2H3. The zero-order chi connectivity index (χ0) is 23.4. The number of fused-ring (bicyclic) bond motifs is 1. The van der Waals surface area contributed by atoms with Crippen molar-refractivity contribution in [3.63, 3.8) is 0 Å². The van der Waals surface area contributed by atoms with E-state index in [1.165, 1.54) is 4.31 Å². The van der Waals surface area contributed by atoms with Crippen molar-refractivity contribution in [1.29, 1.82) is 0 Å². The van der Waals surface area contributed by atoms with Crippen LogP contribution in [0.1, 0.15) is 32.4 Å². The number of furan rings is 1. The lowest BCUT2D eigenvalue weighted by molar-refractivity contribution is -0.134. The molecule has 7 nitrogen and oxygen atoms in total. The Balaban J connectivity index is 1.58. The maximum atomic E-state index is 13.5. The Labute approximate surface area is 195 Å². The number of hydrogen-bond acceptors (Lipinski definition) is 5. The van der Waals surface area contributed by atoms with Gasteiger partial charge in [0.25, 0.3) is 0 Å². The third-order valence-corrected chi connectivity index (χ3v) is 7.94. The normalized spacial score (nSPS) is 16.7. The second-order valence-corrected chi connectivity index (χ2v) is 10.5. The molecule has 1 fully saturated rings. The Hall–Kier alpha value is -2.68. The number of ether oxygens (including phenoxy) is 1. The highest BCUT2D eigenvalue weighted by Gasteiger charge is 2.32. The number of hydrogen-bond donors (Lipinski definition) is 0. The molecule has 1 saturated heterocycles. The molecule has 2 heterocycles. The minimum atomic E-state index is -3.88. The van der Waals surface area contributed by atoms with Crippen molar-refractivity contribution >= 4 is 26.7 Å². The fourth-order valence-electron chi connectivity index (χ4n) is 4.12. The third-order valence-electron chi connectivity index (χ3n) is 5.92. The largest absolute Gasteiger partial charge is 0.467 e. The smallest absolute Gasteiger partial charge is 0.243 e. The van der Waals surface area contributed by atoms with Gasteiger partial charge in [-0.1, -0.05) is 30.3 Å². The predicted octanol–water partition coefficient (Wildman–Crippen LogP) is 4.04. The summed E-state index contributed by atoms with van der Waals surface area (Å²) in [6.45, 7) is 4.67. The van der Waals surface area contributed by atoms with Gasteiger partial charge in [-0.05, 0) is 61.7 Å². The van der Waals surface area contributed by atoms with E-state index < -0.39 is 16.1 Å². The minimum Gasteiger partial charge on any atom is -0.467 e. The first-order valence-electron chi connectivity index (χ1n) is 11.3. The Kier molecular flexibility index (Phi) is 7.17. The SMILES string of the molecule is CC(C)N(CC(=O)N(Cc1ccco1)CC1CCCO1)S(=O)(=O)c1ccc2ccccc2c1. The molecule has 0 saturated carbocycles. The molecule has 3 aromatic rings. The number of carbonyl (C=O) groups excluding carboxylic acids is 1. The second-order valence-electron chi connectivity index (χ2n) is 8.64. The molecule has 2 aromatic carbocycles. The van der Waals surface area contributed by atoms with E-state index in [1.54, 1.807) is 49.3 Å². The Morgan fingerprint density at radius 3 is 2.55 bits per heavy atom. The Bertz CT molecular complexity index is 1180. The van der Waals surface area contributed by atoms with Gasteiger partial charge in [-0.2, -0.15) is 4.31 Å². The fraction of sp³-hybridized carbons (Fsp3) is 0.400. The van der Waals surface area contributed by atoms with Crippen molar-refractivity contribution in [2.75, 3.05) is 19.7 Å². The molecular weight excluding hydrogens is 440 g/mol. The van der Waals surface area contributed by atoms with Gasteiger partial charge < -0.3 is 14.1 Å². The maximum Gasteiger partial charge on any atom is 0.243 e. The van der Waals surface area contributed by atoms with Gasteiger partial charge in [0.15, 0.2) is 0 Å². The molecule has 33 heavy (non-hydrogen) atoms. The molecule has 0 bridgehead atoms. The van der Waals surface area contributed by atoms with Crippen molar-refractivity contribution < 1.29 is 22.4 Å². The molecule has 1 aliphatic heterocycles. The molecule has 4 rings (SSSR count). The molecule has 0 spiro atoms. The van der Waals surface area contributed by atoms with Crippen LogP contribution in [0.5, 0.6) is 0 Å². The van der Waals surface area contributed by atoms with Crippen molar-refractivity contribution in [3.8, 4) is 0 Å². The second kappa shape index (κ2) is 10.1. The Morgan fingerprint density at radius 2 is 1.88 bits per heavy atom. The molecule has 1 aromatic heterocycles. The lowest BCUT2D eigenvalue weighted by atomic mass is 10.1. The number of amides is 1. The lowest BCUT2D eigenvalue weighted by Gasteiger charge is -2.30. The number of sulfonamides is 1. The van der Waals surface area contributed by atoms with Gasteiger partial charge in [0.1, 0.15) is 5.76 Å². The quantitative estimate of drug-likeness (QED) is 0.472. The molecule has 0 aliphatic carbocycles. The highest BCUT2D eigenvalue weighted by molar-refractivity contribution is 7.89. The zero-order valence-electron chi connectivity index (χ0n) is 19.0. The average Bonchev–Trinajstić information content (AvgIpc) is 3.50. The van der Waals surface area contributed by atoms with E-state index >= 15 is 0 Å². The van der Waals surface area contributed by atoms with E-state index in [9.17, 15) is 13.2 Å². The van der Waals surface area contributed by atoms with Gasteiger partial charge in [-0.25, -0.2) is 8.42 Å². The maximum absolute atomic E-state index is 13.5. The van der Waals surface area contributed by atoms with Gasteiger partial charge in [0.2, 0.25) is 15.9 Å². The van der Waals surface area contributed by atoms with Crippen LogP contribution in [-0.4, -0.2) is 55.4 Å². The van der Waals surface area contributed by atoms with Crippen LogP contribution in [0.3, 0.4) is 0 Å². The molecule has 1 amide bonds. The van der Waals surface area contributed by atoms with Crippen molar-refractivity contribution in [1.82, 2.24) is 9.21 Å². The molecule has 0 N–H and O–H groups in total. The van der Waals surface area contributed by atoms with Gasteiger partial charge in [-0.3, -0.25) is 4.79 Å². The molecule has 1 atom stereocenters. The van der Waals surface area contributed by atoms with E-state index in [0.717, 1.165) is 23.6 Å². The van der Waals surface area contributed by atoms with Crippen LogP contribution in [0.15, 0.2) is 70.2 Å². The first kappa shape index (κ1) is 23.5. The Morgan fingerprint density at radius 1 is 1.09 bits per heavy atom. The number of carbonyl (C=O) groups is 1. The van der Waals surface area contributed by atoms with E-state index in [2.05, 4.69) is 0 Å². The van der Waals surface area contributed by atoms with Crippen LogP contribution in [0.25, 0.3) is 10.8 Å².